The van der Waals surface area contributed by atoms with Crippen molar-refractivity contribution in [3.8, 4) is 0 Å². The molecule has 166 valence electrons. The second kappa shape index (κ2) is 8.71. The lowest BCUT2D eigenvalue weighted by Gasteiger charge is -2.29. The first-order valence-corrected chi connectivity index (χ1v) is 12.2. The summed E-state index contributed by atoms with van der Waals surface area (Å²) in [5, 5.41) is 9.23. The predicted molar refractivity (Wildman–Crippen MR) is 123 cm³/mol. The third-order valence-electron chi connectivity index (χ3n) is 6.85. The Balaban J connectivity index is 1.40. The summed E-state index contributed by atoms with van der Waals surface area (Å²) in [4.78, 5) is 3.03. The lowest BCUT2D eigenvalue weighted by molar-refractivity contribution is 0.417. The van der Waals surface area contributed by atoms with Gasteiger partial charge in [0.1, 0.15) is 16.6 Å². The van der Waals surface area contributed by atoms with Gasteiger partial charge in [0.25, 0.3) is 0 Å². The van der Waals surface area contributed by atoms with Crippen LogP contribution in [0.4, 0.5) is 10.2 Å². The zero-order chi connectivity index (χ0) is 22.2. The first-order chi connectivity index (χ1) is 15.5. The van der Waals surface area contributed by atoms with Gasteiger partial charge in [-0.25, -0.2) is 8.60 Å². The molecule has 1 unspecified atom stereocenters. The molecule has 2 N–H and O–H groups in total. The van der Waals surface area contributed by atoms with Crippen molar-refractivity contribution in [2.75, 3.05) is 11.4 Å². The van der Waals surface area contributed by atoms with Gasteiger partial charge in [0.15, 0.2) is 10.8 Å². The van der Waals surface area contributed by atoms with Gasteiger partial charge in [-0.3, -0.25) is 0 Å². The summed E-state index contributed by atoms with van der Waals surface area (Å²) in [6.07, 6.45) is 2.83. The highest BCUT2D eigenvalue weighted by molar-refractivity contribution is 7.85. The molecule has 32 heavy (non-hydrogen) atoms. The highest BCUT2D eigenvalue weighted by Gasteiger charge is 2.47. The Bertz CT molecular complexity index is 1120. The van der Waals surface area contributed by atoms with E-state index in [0.29, 0.717) is 27.3 Å². The Labute approximate surface area is 190 Å². The molecular weight excluding hydrogens is 423 g/mol. The number of rotatable bonds is 5. The van der Waals surface area contributed by atoms with Crippen LogP contribution in [0.25, 0.3) is 0 Å². The molecule has 2 aliphatic rings. The van der Waals surface area contributed by atoms with Crippen LogP contribution in [0, 0.1) is 24.6 Å². The SMILES string of the molecule is Cc1cc(C[C@H]2[C@H]3C[C@@H](N)C[C@@H]3CN2c2ccc(S(=O)c3ccccc3)nn2)ccc1F. The second-order valence-corrected chi connectivity index (χ2v) is 10.4. The molecule has 7 heteroatoms. The van der Waals surface area contributed by atoms with Gasteiger partial charge >= 0.3 is 0 Å². The molecule has 2 fully saturated rings. The van der Waals surface area contributed by atoms with Gasteiger partial charge in [-0.05, 0) is 79.5 Å². The molecule has 1 saturated heterocycles. The number of anilines is 1. The van der Waals surface area contributed by atoms with E-state index in [1.54, 1.807) is 13.0 Å². The number of nitrogens with two attached hydrogens (primary N) is 1. The number of halogens is 1. The van der Waals surface area contributed by atoms with E-state index in [0.717, 1.165) is 37.2 Å². The third kappa shape index (κ3) is 4.07. The standard InChI is InChI=1S/C25H27FN4OS/c1-16-11-17(7-8-22(16)26)12-23-21-14-19(27)13-18(21)15-30(23)24-9-10-25(29-28-24)32(31)20-5-3-2-4-6-20/h2-11,18-19,21,23H,12-15,27H2,1H3/t18-,19+,21+,23+,32?/m1/s1. The van der Waals surface area contributed by atoms with E-state index < -0.39 is 10.8 Å². The summed E-state index contributed by atoms with van der Waals surface area (Å²) in [5.74, 6) is 1.63. The van der Waals surface area contributed by atoms with Crippen LogP contribution in [0.15, 0.2) is 70.6 Å². The minimum absolute atomic E-state index is 0.175. The summed E-state index contributed by atoms with van der Waals surface area (Å²) in [5.41, 5.74) is 8.07. The summed E-state index contributed by atoms with van der Waals surface area (Å²) in [6.45, 7) is 2.69. The maximum atomic E-state index is 13.8. The molecule has 2 aromatic carbocycles. The van der Waals surface area contributed by atoms with E-state index in [9.17, 15) is 8.60 Å². The number of aryl methyl sites for hydroxylation is 1. The number of nitrogens with zero attached hydrogens (tertiary/aromatic N) is 3. The quantitative estimate of drug-likeness (QED) is 0.639. The van der Waals surface area contributed by atoms with Crippen LogP contribution in [-0.4, -0.2) is 33.0 Å². The van der Waals surface area contributed by atoms with Gasteiger partial charge in [-0.1, -0.05) is 30.3 Å². The van der Waals surface area contributed by atoms with Gasteiger partial charge in [0.2, 0.25) is 0 Å². The van der Waals surface area contributed by atoms with Crippen molar-refractivity contribution < 1.29 is 8.60 Å². The number of aromatic nitrogens is 2. The molecule has 1 saturated carbocycles. The predicted octanol–water partition coefficient (Wildman–Crippen LogP) is 3.88. The van der Waals surface area contributed by atoms with Crippen LogP contribution < -0.4 is 10.6 Å². The average molecular weight is 451 g/mol. The lowest BCUT2D eigenvalue weighted by atomic mass is 9.89. The Morgan fingerprint density at radius 2 is 1.91 bits per heavy atom. The number of hydrogen-bond acceptors (Lipinski definition) is 5. The third-order valence-corrected chi connectivity index (χ3v) is 8.14. The Morgan fingerprint density at radius 1 is 1.09 bits per heavy atom. The van der Waals surface area contributed by atoms with E-state index in [1.807, 2.05) is 54.6 Å². The maximum absolute atomic E-state index is 13.8. The van der Waals surface area contributed by atoms with E-state index in [1.165, 1.54) is 0 Å². The molecule has 1 aliphatic heterocycles. The van der Waals surface area contributed by atoms with Crippen molar-refractivity contribution in [1.29, 1.82) is 0 Å². The van der Waals surface area contributed by atoms with Gasteiger partial charge in [0.05, 0.1) is 0 Å². The fourth-order valence-corrected chi connectivity index (χ4v) is 6.28. The second-order valence-electron chi connectivity index (χ2n) is 8.97. The monoisotopic (exact) mass is 450 g/mol. The first-order valence-electron chi connectivity index (χ1n) is 11.1. The minimum atomic E-state index is -1.36. The van der Waals surface area contributed by atoms with Gasteiger partial charge in [0, 0.05) is 23.5 Å². The maximum Gasteiger partial charge on any atom is 0.155 e. The lowest BCUT2D eigenvalue weighted by Crippen LogP contribution is -2.37. The molecule has 0 spiro atoms. The zero-order valence-electron chi connectivity index (χ0n) is 18.0. The van der Waals surface area contributed by atoms with E-state index in [2.05, 4.69) is 15.1 Å². The molecule has 1 aliphatic carbocycles. The van der Waals surface area contributed by atoms with Gasteiger partial charge < -0.3 is 10.6 Å². The Morgan fingerprint density at radius 3 is 2.62 bits per heavy atom. The van der Waals surface area contributed by atoms with E-state index in [-0.39, 0.29) is 17.9 Å². The zero-order valence-corrected chi connectivity index (χ0v) is 18.8. The Kier molecular flexibility index (Phi) is 5.78. The van der Waals surface area contributed by atoms with E-state index >= 15 is 0 Å². The van der Waals surface area contributed by atoms with Gasteiger partial charge in [-0.2, -0.15) is 0 Å². The highest BCUT2D eigenvalue weighted by Crippen LogP contribution is 2.44. The number of fused-ring (bicyclic) bond motifs is 1. The van der Waals surface area contributed by atoms with Crippen LogP contribution in [-0.2, 0) is 17.2 Å². The molecule has 5 rings (SSSR count). The fourth-order valence-electron chi connectivity index (χ4n) is 5.33. The van der Waals surface area contributed by atoms with Crippen LogP contribution in [0.5, 0.6) is 0 Å². The highest BCUT2D eigenvalue weighted by atomic mass is 32.2. The minimum Gasteiger partial charge on any atom is -0.351 e. The first kappa shape index (κ1) is 21.2. The average Bonchev–Trinajstić information content (AvgIpc) is 3.33. The molecule has 3 aromatic rings. The normalized spacial score (nSPS) is 25.7. The number of benzene rings is 2. The molecule has 0 amide bonds. The topological polar surface area (TPSA) is 72.1 Å². The van der Waals surface area contributed by atoms with Crippen LogP contribution in [0.1, 0.15) is 24.0 Å². The number of hydrogen-bond donors (Lipinski definition) is 1. The summed E-state index contributed by atoms with van der Waals surface area (Å²) in [7, 11) is -1.36. The molecule has 2 heterocycles. The van der Waals surface area contributed by atoms with Crippen molar-refractivity contribution in [2.24, 2.45) is 17.6 Å². The van der Waals surface area contributed by atoms with Gasteiger partial charge in [-0.15, -0.1) is 10.2 Å². The molecule has 5 nitrogen and oxygen atoms in total. The van der Waals surface area contributed by atoms with Crippen LogP contribution >= 0.6 is 0 Å². The summed E-state index contributed by atoms with van der Waals surface area (Å²) >= 11 is 0. The molecule has 5 atom stereocenters. The fraction of sp³-hybridized carbons (Fsp3) is 0.360. The van der Waals surface area contributed by atoms with E-state index in [4.69, 9.17) is 5.73 Å². The van der Waals surface area contributed by atoms with Crippen molar-refractivity contribution in [1.82, 2.24) is 10.2 Å². The van der Waals surface area contributed by atoms with Crippen molar-refractivity contribution >= 4 is 16.6 Å². The molecular formula is C25H27FN4OS. The molecule has 0 radical (unpaired) electrons. The Hall–Kier alpha value is -2.64. The van der Waals surface area contributed by atoms with Crippen molar-refractivity contribution in [2.45, 2.75) is 48.2 Å². The van der Waals surface area contributed by atoms with Crippen LogP contribution in [0.2, 0.25) is 0 Å². The largest absolute Gasteiger partial charge is 0.351 e. The molecule has 0 bridgehead atoms. The van der Waals surface area contributed by atoms with Crippen molar-refractivity contribution in [3.63, 3.8) is 0 Å². The van der Waals surface area contributed by atoms with Crippen molar-refractivity contribution in [3.05, 3.63) is 77.6 Å². The summed E-state index contributed by atoms with van der Waals surface area (Å²) < 4.78 is 26.6. The summed E-state index contributed by atoms with van der Waals surface area (Å²) in [6, 6.07) is 18.9. The molecule has 1 aromatic heterocycles. The smallest absolute Gasteiger partial charge is 0.155 e. The van der Waals surface area contributed by atoms with Crippen LogP contribution in [0.3, 0.4) is 0 Å².